The molecular weight excluding hydrogens is 350 g/mol. The Morgan fingerprint density at radius 3 is 2.39 bits per heavy atom. The van der Waals surface area contributed by atoms with Crippen molar-refractivity contribution in [3.8, 4) is 6.07 Å². The van der Waals surface area contributed by atoms with Gasteiger partial charge >= 0.3 is 0 Å². The number of halogens is 3. The number of carbonyl (C=O) groups excluding carboxylic acids is 1. The molecule has 0 aliphatic heterocycles. The monoisotopic (exact) mass is 356 g/mol. The van der Waals surface area contributed by atoms with Crippen molar-refractivity contribution in [3.05, 3.63) is 59.2 Å². The molecule has 0 bridgehead atoms. The summed E-state index contributed by atoms with van der Waals surface area (Å²) in [6.45, 7) is 0. The molecule has 9 heteroatoms. The minimum Gasteiger partial charge on any atom is -0.322 e. The molecule has 0 unspecified atom stereocenters. The standard InChI is InChI=1S/C14H7ClF2N2O3S/c15-23(21,22)13-6-8(1-3-12(13)17)14(20)19-10-2-4-11(16)9(5-10)7-18/h1-6H,(H,19,20). The minimum atomic E-state index is -4.35. The third kappa shape index (κ3) is 3.83. The molecule has 1 N–H and O–H groups in total. The van der Waals surface area contributed by atoms with Crippen molar-refractivity contribution in [2.75, 3.05) is 5.32 Å². The second-order valence-corrected chi connectivity index (χ2v) is 6.88. The van der Waals surface area contributed by atoms with Gasteiger partial charge in [0.2, 0.25) is 0 Å². The normalized spacial score (nSPS) is 10.9. The fourth-order valence-electron chi connectivity index (χ4n) is 1.72. The SMILES string of the molecule is N#Cc1cc(NC(=O)c2ccc(F)c(S(=O)(=O)Cl)c2)ccc1F. The quantitative estimate of drug-likeness (QED) is 0.856. The number of anilines is 1. The molecule has 0 spiro atoms. The summed E-state index contributed by atoms with van der Waals surface area (Å²) in [7, 11) is 0.726. The van der Waals surface area contributed by atoms with Gasteiger partial charge in [-0.3, -0.25) is 4.79 Å². The van der Waals surface area contributed by atoms with Gasteiger partial charge in [0.15, 0.2) is 0 Å². The van der Waals surface area contributed by atoms with E-state index in [2.05, 4.69) is 5.32 Å². The molecule has 0 fully saturated rings. The Labute approximate surface area is 134 Å². The maximum atomic E-state index is 13.4. The highest BCUT2D eigenvalue weighted by atomic mass is 35.7. The lowest BCUT2D eigenvalue weighted by atomic mass is 10.1. The van der Waals surface area contributed by atoms with Crippen LogP contribution in [0, 0.1) is 23.0 Å². The highest BCUT2D eigenvalue weighted by Crippen LogP contribution is 2.21. The Kier molecular flexibility index (Phi) is 4.63. The first-order valence-corrected chi connectivity index (χ1v) is 8.28. The van der Waals surface area contributed by atoms with Gasteiger partial charge in [0.05, 0.1) is 5.56 Å². The Morgan fingerprint density at radius 1 is 1.13 bits per heavy atom. The molecule has 2 aromatic carbocycles. The molecule has 0 radical (unpaired) electrons. The summed E-state index contributed by atoms with van der Waals surface area (Å²) < 4.78 is 49.1. The summed E-state index contributed by atoms with van der Waals surface area (Å²) in [5, 5.41) is 11.1. The lowest BCUT2D eigenvalue weighted by Gasteiger charge is -2.07. The largest absolute Gasteiger partial charge is 0.322 e. The summed E-state index contributed by atoms with van der Waals surface area (Å²) in [5.74, 6) is -2.62. The van der Waals surface area contributed by atoms with E-state index in [9.17, 15) is 22.0 Å². The van der Waals surface area contributed by atoms with Crippen molar-refractivity contribution in [1.82, 2.24) is 0 Å². The number of hydrogen-bond acceptors (Lipinski definition) is 4. The van der Waals surface area contributed by atoms with Crippen LogP contribution in [0.25, 0.3) is 0 Å². The highest BCUT2D eigenvalue weighted by molar-refractivity contribution is 8.13. The topological polar surface area (TPSA) is 87.0 Å². The van der Waals surface area contributed by atoms with Gasteiger partial charge in [-0.15, -0.1) is 0 Å². The van der Waals surface area contributed by atoms with Crippen molar-refractivity contribution < 1.29 is 22.0 Å². The third-order valence-electron chi connectivity index (χ3n) is 2.80. The van der Waals surface area contributed by atoms with E-state index in [0.29, 0.717) is 0 Å². The van der Waals surface area contributed by atoms with Crippen LogP contribution in [0.5, 0.6) is 0 Å². The molecule has 0 saturated heterocycles. The molecule has 0 atom stereocenters. The number of nitrogens with one attached hydrogen (secondary N) is 1. The summed E-state index contributed by atoms with van der Waals surface area (Å²) in [4.78, 5) is 11.2. The molecule has 2 aromatic rings. The fraction of sp³-hybridized carbons (Fsp3) is 0. The fourth-order valence-corrected chi connectivity index (χ4v) is 2.65. The predicted molar refractivity (Wildman–Crippen MR) is 78.5 cm³/mol. The Bertz CT molecular complexity index is 940. The molecule has 5 nitrogen and oxygen atoms in total. The second-order valence-electron chi connectivity index (χ2n) is 4.34. The van der Waals surface area contributed by atoms with Gasteiger partial charge in [0.1, 0.15) is 22.6 Å². The highest BCUT2D eigenvalue weighted by Gasteiger charge is 2.19. The molecule has 0 aliphatic carbocycles. The summed E-state index contributed by atoms with van der Waals surface area (Å²) in [6, 6.07) is 7.56. The van der Waals surface area contributed by atoms with Crippen LogP contribution in [0.3, 0.4) is 0 Å². The van der Waals surface area contributed by atoms with Crippen LogP contribution in [0.2, 0.25) is 0 Å². The summed E-state index contributed by atoms with van der Waals surface area (Å²) in [6.07, 6.45) is 0. The van der Waals surface area contributed by atoms with E-state index in [-0.39, 0.29) is 16.8 Å². The van der Waals surface area contributed by atoms with Gasteiger partial charge in [-0.2, -0.15) is 5.26 Å². The van der Waals surface area contributed by atoms with E-state index in [1.807, 2.05) is 0 Å². The number of hydrogen-bond donors (Lipinski definition) is 1. The van der Waals surface area contributed by atoms with E-state index in [0.717, 1.165) is 30.3 Å². The predicted octanol–water partition coefficient (Wildman–Crippen LogP) is 3.02. The molecule has 2 rings (SSSR count). The van der Waals surface area contributed by atoms with Gasteiger partial charge in [0, 0.05) is 21.9 Å². The Hall–Kier alpha value is -2.50. The van der Waals surface area contributed by atoms with E-state index in [1.54, 1.807) is 6.07 Å². The van der Waals surface area contributed by atoms with Crippen LogP contribution >= 0.6 is 10.7 Å². The van der Waals surface area contributed by atoms with E-state index in [4.69, 9.17) is 15.9 Å². The second kappa shape index (κ2) is 6.32. The van der Waals surface area contributed by atoms with Crippen LogP contribution < -0.4 is 5.32 Å². The average Bonchev–Trinajstić information content (AvgIpc) is 2.48. The molecule has 23 heavy (non-hydrogen) atoms. The molecular formula is C14H7ClF2N2O3S. The molecule has 0 aromatic heterocycles. The van der Waals surface area contributed by atoms with Crippen molar-refractivity contribution in [2.24, 2.45) is 0 Å². The molecule has 0 aliphatic rings. The maximum absolute atomic E-state index is 13.4. The maximum Gasteiger partial charge on any atom is 0.264 e. The number of nitriles is 1. The number of carbonyl (C=O) groups is 1. The lowest BCUT2D eigenvalue weighted by Crippen LogP contribution is -2.13. The van der Waals surface area contributed by atoms with Crippen molar-refractivity contribution in [1.29, 1.82) is 5.26 Å². The number of nitrogens with zero attached hydrogens (tertiary/aromatic N) is 1. The Morgan fingerprint density at radius 2 is 1.78 bits per heavy atom. The number of amides is 1. The van der Waals surface area contributed by atoms with Crippen LogP contribution in [0.15, 0.2) is 41.3 Å². The first-order chi connectivity index (χ1) is 10.7. The Balaban J connectivity index is 2.34. The average molecular weight is 357 g/mol. The van der Waals surface area contributed by atoms with E-state index >= 15 is 0 Å². The van der Waals surface area contributed by atoms with E-state index in [1.165, 1.54) is 6.07 Å². The van der Waals surface area contributed by atoms with Crippen LogP contribution in [-0.2, 0) is 9.05 Å². The van der Waals surface area contributed by atoms with Crippen LogP contribution in [0.1, 0.15) is 15.9 Å². The molecule has 118 valence electrons. The smallest absolute Gasteiger partial charge is 0.264 e. The minimum absolute atomic E-state index is 0.118. The van der Waals surface area contributed by atoms with Crippen LogP contribution in [-0.4, -0.2) is 14.3 Å². The van der Waals surface area contributed by atoms with Crippen molar-refractivity contribution in [3.63, 3.8) is 0 Å². The molecule has 1 amide bonds. The van der Waals surface area contributed by atoms with Crippen molar-refractivity contribution in [2.45, 2.75) is 4.90 Å². The van der Waals surface area contributed by atoms with Gasteiger partial charge in [-0.1, -0.05) is 0 Å². The first kappa shape index (κ1) is 16.9. The first-order valence-electron chi connectivity index (χ1n) is 5.97. The third-order valence-corrected chi connectivity index (χ3v) is 4.14. The van der Waals surface area contributed by atoms with Gasteiger partial charge in [-0.05, 0) is 36.4 Å². The number of benzene rings is 2. The summed E-state index contributed by atoms with van der Waals surface area (Å²) >= 11 is 0. The lowest BCUT2D eigenvalue weighted by molar-refractivity contribution is 0.102. The van der Waals surface area contributed by atoms with Gasteiger partial charge in [-0.25, -0.2) is 17.2 Å². The molecule has 0 heterocycles. The van der Waals surface area contributed by atoms with Gasteiger partial charge < -0.3 is 5.32 Å². The number of rotatable bonds is 3. The van der Waals surface area contributed by atoms with Crippen molar-refractivity contribution >= 4 is 31.3 Å². The molecule has 0 saturated carbocycles. The summed E-state index contributed by atoms with van der Waals surface area (Å²) in [5.41, 5.74) is -0.327. The zero-order valence-electron chi connectivity index (χ0n) is 11.2. The zero-order valence-corrected chi connectivity index (χ0v) is 12.8. The van der Waals surface area contributed by atoms with Gasteiger partial charge in [0.25, 0.3) is 15.0 Å². The van der Waals surface area contributed by atoms with E-state index < -0.39 is 31.5 Å². The van der Waals surface area contributed by atoms with Crippen LogP contribution in [0.4, 0.5) is 14.5 Å². The zero-order chi connectivity index (χ0) is 17.2.